The fourth-order valence-electron chi connectivity index (χ4n) is 4.67. The summed E-state index contributed by atoms with van der Waals surface area (Å²) in [6.45, 7) is 3.53. The number of hydrogen-bond donors (Lipinski definition) is 5. The van der Waals surface area contributed by atoms with Crippen LogP contribution in [-0.2, 0) is 9.47 Å². The molecule has 1 saturated heterocycles. The Hall–Kier alpha value is -0.280. The Bertz CT molecular complexity index is 440. The molecular formula is C16H28O7. The van der Waals surface area contributed by atoms with Crippen LogP contribution in [0.25, 0.3) is 0 Å². The molecule has 7 nitrogen and oxygen atoms in total. The molecule has 0 amide bonds. The van der Waals surface area contributed by atoms with E-state index in [-0.39, 0.29) is 12.5 Å². The topological polar surface area (TPSA) is 120 Å². The van der Waals surface area contributed by atoms with Gasteiger partial charge in [-0.15, -0.1) is 0 Å². The number of aliphatic hydroxyl groups is 5. The zero-order valence-corrected chi connectivity index (χ0v) is 13.6. The van der Waals surface area contributed by atoms with E-state index in [0.29, 0.717) is 5.92 Å². The first-order valence-corrected chi connectivity index (χ1v) is 8.37. The third kappa shape index (κ3) is 2.54. The van der Waals surface area contributed by atoms with E-state index in [0.717, 1.165) is 19.3 Å². The summed E-state index contributed by atoms with van der Waals surface area (Å²) in [6, 6.07) is 0. The van der Waals surface area contributed by atoms with Crippen molar-refractivity contribution in [3.8, 4) is 0 Å². The van der Waals surface area contributed by atoms with Crippen LogP contribution >= 0.6 is 0 Å². The number of aliphatic hydroxyl groups excluding tert-OH is 4. The molecule has 2 aliphatic carbocycles. The first-order chi connectivity index (χ1) is 10.7. The smallest absolute Gasteiger partial charge is 0.186 e. The molecule has 0 aromatic rings. The van der Waals surface area contributed by atoms with E-state index in [9.17, 15) is 25.5 Å². The van der Waals surface area contributed by atoms with Crippen LogP contribution in [0.15, 0.2) is 0 Å². The summed E-state index contributed by atoms with van der Waals surface area (Å²) in [5.74, 6) is 0.614. The van der Waals surface area contributed by atoms with Crippen molar-refractivity contribution in [2.45, 2.75) is 69.4 Å². The van der Waals surface area contributed by atoms with E-state index < -0.39 is 48.3 Å². The Labute approximate surface area is 135 Å². The van der Waals surface area contributed by atoms with Crippen molar-refractivity contribution in [3.63, 3.8) is 0 Å². The third-order valence-electron chi connectivity index (χ3n) is 6.68. The van der Waals surface area contributed by atoms with E-state index in [4.69, 9.17) is 9.47 Å². The molecule has 3 rings (SSSR count). The average Bonchev–Trinajstić information content (AvgIpc) is 3.07. The van der Waals surface area contributed by atoms with Crippen LogP contribution in [0.3, 0.4) is 0 Å². The van der Waals surface area contributed by atoms with Gasteiger partial charge in [0.15, 0.2) is 6.29 Å². The van der Waals surface area contributed by atoms with Crippen molar-refractivity contribution >= 4 is 0 Å². The quantitative estimate of drug-likeness (QED) is 0.447. The third-order valence-corrected chi connectivity index (χ3v) is 6.68. The van der Waals surface area contributed by atoms with Gasteiger partial charge in [-0.1, -0.05) is 6.92 Å². The van der Waals surface area contributed by atoms with Crippen LogP contribution in [0.2, 0.25) is 0 Å². The normalized spacial score (nSPS) is 56.2. The molecule has 0 aromatic carbocycles. The van der Waals surface area contributed by atoms with Gasteiger partial charge in [0.1, 0.15) is 24.4 Å². The maximum absolute atomic E-state index is 10.9. The molecule has 0 spiro atoms. The fourth-order valence-corrected chi connectivity index (χ4v) is 4.67. The van der Waals surface area contributed by atoms with Crippen molar-refractivity contribution in [1.29, 1.82) is 0 Å². The van der Waals surface area contributed by atoms with Gasteiger partial charge in [-0.2, -0.15) is 0 Å². The van der Waals surface area contributed by atoms with Gasteiger partial charge in [-0.3, -0.25) is 0 Å². The molecule has 2 saturated carbocycles. The molecule has 9 atom stereocenters. The van der Waals surface area contributed by atoms with Gasteiger partial charge >= 0.3 is 0 Å². The van der Waals surface area contributed by atoms with Crippen LogP contribution in [-0.4, -0.2) is 75.1 Å². The fraction of sp³-hybridized carbons (Fsp3) is 1.00. The second-order valence-electron chi connectivity index (χ2n) is 7.78. The van der Waals surface area contributed by atoms with E-state index >= 15 is 0 Å². The van der Waals surface area contributed by atoms with Crippen molar-refractivity contribution in [2.75, 3.05) is 13.2 Å². The minimum Gasteiger partial charge on any atom is -0.394 e. The van der Waals surface area contributed by atoms with E-state index in [2.05, 4.69) is 0 Å². The summed E-state index contributed by atoms with van der Waals surface area (Å²) in [5.41, 5.74) is -1.29. The average molecular weight is 332 g/mol. The molecule has 134 valence electrons. The van der Waals surface area contributed by atoms with Crippen LogP contribution in [0, 0.1) is 17.3 Å². The molecule has 23 heavy (non-hydrogen) atoms. The lowest BCUT2D eigenvalue weighted by Gasteiger charge is -2.47. The second kappa shape index (κ2) is 5.91. The number of hydrogen-bond acceptors (Lipinski definition) is 7. The lowest BCUT2D eigenvalue weighted by Crippen LogP contribution is -2.60. The Morgan fingerprint density at radius 3 is 2.26 bits per heavy atom. The minimum absolute atomic E-state index is 0.184. The summed E-state index contributed by atoms with van der Waals surface area (Å²) in [4.78, 5) is 0. The highest BCUT2D eigenvalue weighted by Gasteiger charge is 2.62. The summed E-state index contributed by atoms with van der Waals surface area (Å²) < 4.78 is 11.1. The van der Waals surface area contributed by atoms with Gasteiger partial charge in [0.05, 0.1) is 18.8 Å². The first-order valence-electron chi connectivity index (χ1n) is 8.37. The van der Waals surface area contributed by atoms with Crippen molar-refractivity contribution < 1.29 is 35.0 Å². The first kappa shape index (κ1) is 17.5. The zero-order valence-electron chi connectivity index (χ0n) is 13.6. The van der Waals surface area contributed by atoms with Crippen LogP contribution in [0.4, 0.5) is 0 Å². The maximum atomic E-state index is 10.9. The Balaban J connectivity index is 1.68. The highest BCUT2D eigenvalue weighted by Crippen LogP contribution is 2.61. The molecule has 7 heteroatoms. The standard InChI is InChI=1S/C16H28O7/c1-15(8-3-4-9(5-8)16(15,2)21)7-22-14-13(20)12(19)11(18)10(6-17)23-14/h8-14,17-21H,3-7H2,1-2H3/t8-,9+,10-,11-,12+,13-,14-,15-,16+/m1/s1. The molecule has 2 bridgehead atoms. The summed E-state index contributed by atoms with van der Waals surface area (Å²) >= 11 is 0. The minimum atomic E-state index is -1.45. The number of fused-ring (bicyclic) bond motifs is 2. The predicted octanol–water partition coefficient (Wildman–Crippen LogP) is -1.01. The molecule has 3 fully saturated rings. The molecule has 0 radical (unpaired) electrons. The summed E-state index contributed by atoms with van der Waals surface area (Å²) in [7, 11) is 0. The molecule has 5 N–H and O–H groups in total. The Morgan fingerprint density at radius 2 is 1.70 bits per heavy atom. The van der Waals surface area contributed by atoms with Gasteiger partial charge in [0.2, 0.25) is 0 Å². The largest absolute Gasteiger partial charge is 0.394 e. The van der Waals surface area contributed by atoms with Gasteiger partial charge in [-0.25, -0.2) is 0 Å². The molecule has 3 aliphatic rings. The van der Waals surface area contributed by atoms with Crippen molar-refractivity contribution in [2.24, 2.45) is 17.3 Å². The van der Waals surface area contributed by atoms with Crippen molar-refractivity contribution in [3.05, 3.63) is 0 Å². The van der Waals surface area contributed by atoms with E-state index in [1.807, 2.05) is 13.8 Å². The van der Waals surface area contributed by atoms with Crippen LogP contribution in [0.5, 0.6) is 0 Å². The molecular weight excluding hydrogens is 304 g/mol. The van der Waals surface area contributed by atoms with Gasteiger partial charge < -0.3 is 35.0 Å². The lowest BCUT2D eigenvalue weighted by molar-refractivity contribution is -0.311. The van der Waals surface area contributed by atoms with Crippen LogP contribution in [0.1, 0.15) is 33.1 Å². The highest BCUT2D eigenvalue weighted by molar-refractivity contribution is 5.11. The SMILES string of the molecule is C[C@]1(O)[C@H]2CC[C@H](C2)[C@@]1(C)CO[C@@H]1O[C@H](CO)[C@@H](O)[C@H](O)[C@H]1O. The zero-order chi connectivity index (χ0) is 17.0. The monoisotopic (exact) mass is 332 g/mol. The van der Waals surface area contributed by atoms with Gasteiger partial charge in [-0.05, 0) is 38.0 Å². The maximum Gasteiger partial charge on any atom is 0.186 e. The predicted molar refractivity (Wildman–Crippen MR) is 79.3 cm³/mol. The molecule has 1 heterocycles. The number of ether oxygens (including phenoxy) is 2. The molecule has 1 aliphatic heterocycles. The lowest BCUT2D eigenvalue weighted by atomic mass is 9.65. The summed E-state index contributed by atoms with van der Waals surface area (Å²) in [6.07, 6.45) is -3.32. The van der Waals surface area contributed by atoms with E-state index in [1.54, 1.807) is 0 Å². The highest BCUT2D eigenvalue weighted by atomic mass is 16.7. The Morgan fingerprint density at radius 1 is 1.04 bits per heavy atom. The Kier molecular flexibility index (Phi) is 4.51. The molecule has 0 unspecified atom stereocenters. The van der Waals surface area contributed by atoms with Gasteiger partial charge in [0, 0.05) is 5.41 Å². The second-order valence-corrected chi connectivity index (χ2v) is 7.78. The van der Waals surface area contributed by atoms with E-state index in [1.165, 1.54) is 0 Å². The van der Waals surface area contributed by atoms with Gasteiger partial charge in [0.25, 0.3) is 0 Å². The molecule has 0 aromatic heterocycles. The van der Waals surface area contributed by atoms with Crippen molar-refractivity contribution in [1.82, 2.24) is 0 Å². The van der Waals surface area contributed by atoms with Crippen LogP contribution < -0.4 is 0 Å². The number of rotatable bonds is 4. The summed E-state index contributed by atoms with van der Waals surface area (Å²) in [5, 5.41) is 49.7.